The van der Waals surface area contributed by atoms with E-state index in [9.17, 15) is 19.2 Å². The summed E-state index contributed by atoms with van der Waals surface area (Å²) in [6, 6.07) is 0. The Morgan fingerprint density at radius 1 is 0.786 bits per heavy atom. The fourth-order valence-electron chi connectivity index (χ4n) is 2.99. The van der Waals surface area contributed by atoms with Crippen LogP contribution in [0.15, 0.2) is 0 Å². The minimum absolute atomic E-state index is 0.0944. The van der Waals surface area contributed by atoms with E-state index in [1.807, 2.05) is 6.92 Å². The van der Waals surface area contributed by atoms with Gasteiger partial charge in [0.05, 0.1) is 0 Å². The number of ketones is 1. The lowest BCUT2D eigenvalue weighted by Gasteiger charge is -2.44. The summed E-state index contributed by atoms with van der Waals surface area (Å²) in [5, 5.41) is 0. The second-order valence-corrected chi connectivity index (χ2v) is 6.70. The number of ether oxygens (including phenoxy) is 5. The van der Waals surface area contributed by atoms with Crippen molar-refractivity contribution in [2.75, 3.05) is 6.61 Å². The van der Waals surface area contributed by atoms with Gasteiger partial charge in [0.25, 0.3) is 0 Å². The molecular weight excluding hydrogens is 372 g/mol. The van der Waals surface area contributed by atoms with Gasteiger partial charge < -0.3 is 28.5 Å². The minimum atomic E-state index is -1.10. The van der Waals surface area contributed by atoms with Gasteiger partial charge in [0.15, 0.2) is 24.6 Å². The average Bonchev–Trinajstić information content (AvgIpc) is 2.57. The molecule has 1 saturated heterocycles. The number of carbonyl (C=O) groups excluding carboxylic acids is 4. The van der Waals surface area contributed by atoms with Crippen molar-refractivity contribution in [3.63, 3.8) is 0 Å². The van der Waals surface area contributed by atoms with Crippen LogP contribution in [0.2, 0.25) is 0 Å². The molecule has 1 fully saturated rings. The van der Waals surface area contributed by atoms with E-state index in [1.165, 1.54) is 27.7 Å². The first-order valence-corrected chi connectivity index (χ1v) is 9.43. The van der Waals surface area contributed by atoms with Gasteiger partial charge in [-0.3, -0.25) is 14.4 Å². The van der Waals surface area contributed by atoms with Gasteiger partial charge in [-0.2, -0.15) is 0 Å². The number of esters is 3. The maximum Gasteiger partial charge on any atom is 0.303 e. The van der Waals surface area contributed by atoms with E-state index < -0.39 is 48.6 Å². The molecule has 0 aromatic heterocycles. The van der Waals surface area contributed by atoms with Crippen LogP contribution < -0.4 is 0 Å². The third kappa shape index (κ3) is 7.93. The maximum atomic E-state index is 11.6. The summed E-state index contributed by atoms with van der Waals surface area (Å²) in [5.74, 6) is -1.71. The van der Waals surface area contributed by atoms with Gasteiger partial charge in [0.1, 0.15) is 11.9 Å². The van der Waals surface area contributed by atoms with Crippen LogP contribution >= 0.6 is 0 Å². The van der Waals surface area contributed by atoms with Gasteiger partial charge in [-0.25, -0.2) is 0 Å². The first kappa shape index (κ1) is 24.0. The lowest BCUT2D eigenvalue weighted by molar-refractivity contribution is -0.304. The molecular formula is C19H30O9. The Balaban J connectivity index is 2.98. The van der Waals surface area contributed by atoms with Crippen LogP contribution in [0.5, 0.6) is 0 Å². The minimum Gasteiger partial charge on any atom is -0.456 e. The molecule has 0 aliphatic carbocycles. The fraction of sp³-hybridized carbons (Fsp3) is 0.789. The summed E-state index contributed by atoms with van der Waals surface area (Å²) in [7, 11) is 0. The van der Waals surface area contributed by atoms with Crippen LogP contribution in [-0.2, 0) is 42.9 Å². The van der Waals surface area contributed by atoms with Crippen molar-refractivity contribution in [1.82, 2.24) is 0 Å². The number of carbonyl (C=O) groups is 4. The molecule has 1 aliphatic heterocycles. The van der Waals surface area contributed by atoms with Gasteiger partial charge in [0.2, 0.25) is 0 Å². The molecule has 9 heteroatoms. The van der Waals surface area contributed by atoms with E-state index in [-0.39, 0.29) is 12.4 Å². The number of unbranched alkanes of at least 4 members (excludes halogenated alkanes) is 1. The van der Waals surface area contributed by atoms with Gasteiger partial charge in [-0.05, 0) is 26.2 Å². The number of Topliss-reactive ketones (excluding diaryl/α,β-unsaturated/α-hetero) is 1. The van der Waals surface area contributed by atoms with E-state index in [0.717, 1.165) is 0 Å². The van der Waals surface area contributed by atoms with Gasteiger partial charge in [0, 0.05) is 33.8 Å². The molecule has 0 amide bonds. The zero-order valence-corrected chi connectivity index (χ0v) is 17.1. The van der Waals surface area contributed by atoms with Crippen LogP contribution in [-0.4, -0.2) is 61.0 Å². The van der Waals surface area contributed by atoms with Crippen LogP contribution in [0.3, 0.4) is 0 Å². The lowest BCUT2D eigenvalue weighted by Crippen LogP contribution is -2.61. The SMILES string of the molecule is CCC1O[C@@H](OCCCCC(C)=O)C(OC(C)=O)[C@@H](OC(C)=O)[C@@H]1OC(C)=O. The Bertz CT molecular complexity index is 560. The van der Waals surface area contributed by atoms with E-state index in [1.54, 1.807) is 0 Å². The van der Waals surface area contributed by atoms with Crippen molar-refractivity contribution in [1.29, 1.82) is 0 Å². The predicted octanol–water partition coefficient (Wildman–Crippen LogP) is 1.69. The second-order valence-electron chi connectivity index (χ2n) is 6.70. The van der Waals surface area contributed by atoms with Gasteiger partial charge >= 0.3 is 17.9 Å². The third-order valence-corrected chi connectivity index (χ3v) is 4.10. The predicted molar refractivity (Wildman–Crippen MR) is 96.1 cm³/mol. The van der Waals surface area contributed by atoms with Crippen LogP contribution in [0.25, 0.3) is 0 Å². The first-order chi connectivity index (χ1) is 13.1. The molecule has 1 rings (SSSR count). The lowest BCUT2D eigenvalue weighted by atomic mass is 9.96. The molecule has 0 aromatic rings. The second kappa shape index (κ2) is 11.8. The third-order valence-electron chi connectivity index (χ3n) is 4.10. The van der Waals surface area contributed by atoms with Crippen molar-refractivity contribution in [3.05, 3.63) is 0 Å². The fourth-order valence-corrected chi connectivity index (χ4v) is 2.99. The zero-order chi connectivity index (χ0) is 21.3. The molecule has 0 spiro atoms. The summed E-state index contributed by atoms with van der Waals surface area (Å²) >= 11 is 0. The Labute approximate surface area is 165 Å². The number of hydrogen-bond donors (Lipinski definition) is 0. The normalized spacial score (nSPS) is 27.0. The van der Waals surface area contributed by atoms with Crippen molar-refractivity contribution < 1.29 is 42.9 Å². The Hall–Kier alpha value is -2.00. The van der Waals surface area contributed by atoms with E-state index >= 15 is 0 Å². The van der Waals surface area contributed by atoms with E-state index in [4.69, 9.17) is 23.7 Å². The highest BCUT2D eigenvalue weighted by atomic mass is 16.7. The van der Waals surface area contributed by atoms with Crippen molar-refractivity contribution in [3.8, 4) is 0 Å². The molecule has 5 atom stereocenters. The van der Waals surface area contributed by atoms with Gasteiger partial charge in [-0.1, -0.05) is 6.92 Å². The van der Waals surface area contributed by atoms with E-state index in [0.29, 0.717) is 25.7 Å². The highest BCUT2D eigenvalue weighted by Gasteiger charge is 2.51. The smallest absolute Gasteiger partial charge is 0.303 e. The zero-order valence-electron chi connectivity index (χ0n) is 17.1. The standard InChI is InChI=1S/C19H30O9/c1-6-15-16(25-12(3)21)17(26-13(4)22)18(27-14(5)23)19(28-15)24-10-8-7-9-11(2)20/h15-19H,6-10H2,1-5H3/t15?,16-,17+,18?,19-/m1/s1. The Morgan fingerprint density at radius 2 is 1.32 bits per heavy atom. The monoisotopic (exact) mass is 402 g/mol. The summed E-state index contributed by atoms with van der Waals surface area (Å²) in [6.45, 7) is 7.26. The Morgan fingerprint density at radius 3 is 1.82 bits per heavy atom. The van der Waals surface area contributed by atoms with Crippen molar-refractivity contribution in [2.24, 2.45) is 0 Å². The number of hydrogen-bond acceptors (Lipinski definition) is 9. The molecule has 0 N–H and O–H groups in total. The molecule has 0 radical (unpaired) electrons. The molecule has 9 nitrogen and oxygen atoms in total. The van der Waals surface area contributed by atoms with Crippen LogP contribution in [0.1, 0.15) is 60.3 Å². The Kier molecular flexibility index (Phi) is 10.1. The molecule has 28 heavy (non-hydrogen) atoms. The highest BCUT2D eigenvalue weighted by molar-refractivity contribution is 5.75. The van der Waals surface area contributed by atoms with Crippen LogP contribution in [0.4, 0.5) is 0 Å². The summed E-state index contributed by atoms with van der Waals surface area (Å²) in [6.07, 6.45) is -2.54. The molecule has 0 bridgehead atoms. The molecule has 160 valence electrons. The number of rotatable bonds is 10. The van der Waals surface area contributed by atoms with Crippen molar-refractivity contribution >= 4 is 23.7 Å². The molecule has 1 heterocycles. The van der Waals surface area contributed by atoms with E-state index in [2.05, 4.69) is 0 Å². The topological polar surface area (TPSA) is 114 Å². The summed E-state index contributed by atoms with van der Waals surface area (Å²) in [4.78, 5) is 45.8. The van der Waals surface area contributed by atoms with Gasteiger partial charge in [-0.15, -0.1) is 0 Å². The summed E-state index contributed by atoms with van der Waals surface area (Å²) < 4.78 is 27.6. The van der Waals surface area contributed by atoms with Crippen molar-refractivity contribution in [2.45, 2.75) is 91.0 Å². The largest absolute Gasteiger partial charge is 0.456 e. The molecule has 1 aliphatic rings. The quantitative estimate of drug-likeness (QED) is 0.306. The molecule has 0 aromatic carbocycles. The highest BCUT2D eigenvalue weighted by Crippen LogP contribution is 2.31. The molecule has 2 unspecified atom stereocenters. The molecule has 0 saturated carbocycles. The first-order valence-electron chi connectivity index (χ1n) is 9.43. The average molecular weight is 402 g/mol. The van der Waals surface area contributed by atoms with Crippen LogP contribution in [0, 0.1) is 0 Å². The summed E-state index contributed by atoms with van der Waals surface area (Å²) in [5.41, 5.74) is 0. The maximum absolute atomic E-state index is 11.6.